The number of carbonyl (C=O) groups excluding carboxylic acids is 1. The molecule has 1 aromatic rings. The molecule has 0 fully saturated rings. The average molecular weight is 522 g/mol. The Bertz CT molecular complexity index is 607. The Labute approximate surface area is 213 Å². The van der Waals surface area contributed by atoms with Crippen LogP contribution in [0.4, 0.5) is 5.69 Å². The fraction of sp³-hybridized carbons (Fsp3) is 0.708. The number of hydrogen-bond acceptors (Lipinski definition) is 9. The van der Waals surface area contributed by atoms with E-state index in [9.17, 15) is 4.79 Å². The summed E-state index contributed by atoms with van der Waals surface area (Å²) < 4.78 is 43.3. The number of carbonyl (C=O) groups is 1. The Hall–Kier alpha value is -1.50. The summed E-state index contributed by atoms with van der Waals surface area (Å²) in [5.74, 6) is 1.11. The first-order valence-corrected chi connectivity index (χ1v) is 12.4. The number of benzene rings is 1. The third-order valence-corrected chi connectivity index (χ3v) is 4.28. The summed E-state index contributed by atoms with van der Waals surface area (Å²) in [4.78, 5) is 11.0. The Balaban J connectivity index is 1.73. The number of hydrogen-bond donors (Lipinski definition) is 1. The zero-order chi connectivity index (χ0) is 25.2. The number of amides is 1. The summed E-state index contributed by atoms with van der Waals surface area (Å²) in [5.41, 5.74) is 0.735. The number of alkyl halides is 1. The quantitative estimate of drug-likeness (QED) is 0.153. The number of rotatable bonds is 25. The van der Waals surface area contributed by atoms with Crippen LogP contribution in [0, 0.1) is 0 Å². The Kier molecular flexibility index (Phi) is 21.8. The van der Waals surface area contributed by atoms with Crippen molar-refractivity contribution in [1.29, 1.82) is 0 Å². The van der Waals surface area contributed by atoms with E-state index < -0.39 is 0 Å². The zero-order valence-electron chi connectivity index (χ0n) is 20.7. The molecule has 0 saturated carbocycles. The molecule has 0 atom stereocenters. The standard InChI is InChI=1S/C24H40ClNO9/c1-22(27)26-23-2-4-24(5-3-23)35-21-20-34-19-18-33-17-16-32-15-14-31-13-12-30-11-10-29-9-8-28-7-6-25/h2-5H,6-21H2,1H3,(H,26,27). The SMILES string of the molecule is CC(=O)Nc1ccc(OCCOCCOCCOCCOCCOCCOCCOCCCl)cc1. The van der Waals surface area contributed by atoms with Crippen molar-refractivity contribution in [3.8, 4) is 5.75 Å². The van der Waals surface area contributed by atoms with Gasteiger partial charge in [0, 0.05) is 18.5 Å². The molecule has 0 saturated heterocycles. The maximum absolute atomic E-state index is 11.0. The van der Waals surface area contributed by atoms with Gasteiger partial charge in [-0.1, -0.05) is 0 Å². The molecule has 10 nitrogen and oxygen atoms in total. The van der Waals surface area contributed by atoms with E-state index >= 15 is 0 Å². The van der Waals surface area contributed by atoms with Crippen LogP contribution in [0.1, 0.15) is 6.92 Å². The minimum absolute atomic E-state index is 0.105. The highest BCUT2D eigenvalue weighted by atomic mass is 35.5. The van der Waals surface area contributed by atoms with Gasteiger partial charge in [-0.05, 0) is 24.3 Å². The van der Waals surface area contributed by atoms with Crippen molar-refractivity contribution >= 4 is 23.2 Å². The predicted octanol–water partition coefficient (Wildman–Crippen LogP) is 2.38. The molecule has 0 radical (unpaired) electrons. The van der Waals surface area contributed by atoms with Crippen molar-refractivity contribution in [2.24, 2.45) is 0 Å². The Morgan fingerprint density at radius 1 is 0.600 bits per heavy atom. The summed E-state index contributed by atoms with van der Waals surface area (Å²) in [6.45, 7) is 9.10. The molecule has 0 aromatic heterocycles. The van der Waals surface area contributed by atoms with E-state index in [1.807, 2.05) is 0 Å². The molecule has 11 heteroatoms. The van der Waals surface area contributed by atoms with Gasteiger partial charge in [0.2, 0.25) is 5.91 Å². The van der Waals surface area contributed by atoms with Crippen LogP contribution in [0.2, 0.25) is 0 Å². The molecule has 0 unspecified atom stereocenters. The van der Waals surface area contributed by atoms with Gasteiger partial charge < -0.3 is 43.2 Å². The summed E-state index contributed by atoms with van der Waals surface area (Å²) >= 11 is 5.50. The van der Waals surface area contributed by atoms with E-state index in [2.05, 4.69) is 5.32 Å². The van der Waals surface area contributed by atoms with Crippen molar-refractivity contribution in [1.82, 2.24) is 0 Å². The second kappa shape index (κ2) is 24.2. The van der Waals surface area contributed by atoms with E-state index in [0.717, 1.165) is 11.4 Å². The number of halogens is 1. The van der Waals surface area contributed by atoms with Gasteiger partial charge in [-0.15, -0.1) is 11.6 Å². The third kappa shape index (κ3) is 21.5. The summed E-state index contributed by atoms with van der Waals surface area (Å²) in [6.07, 6.45) is 0. The van der Waals surface area contributed by atoms with Gasteiger partial charge in [0.05, 0.1) is 92.5 Å². The van der Waals surface area contributed by atoms with Crippen molar-refractivity contribution < 1.29 is 42.7 Å². The Morgan fingerprint density at radius 3 is 1.29 bits per heavy atom. The molecule has 202 valence electrons. The van der Waals surface area contributed by atoms with Crippen LogP contribution in [-0.2, 0) is 38.0 Å². The average Bonchev–Trinajstić information content (AvgIpc) is 2.85. The van der Waals surface area contributed by atoms with Crippen LogP contribution in [-0.4, -0.2) is 111 Å². The lowest BCUT2D eigenvalue weighted by atomic mass is 10.3. The van der Waals surface area contributed by atoms with Crippen molar-refractivity contribution in [3.05, 3.63) is 24.3 Å². The van der Waals surface area contributed by atoms with E-state index in [1.54, 1.807) is 24.3 Å². The minimum atomic E-state index is -0.105. The van der Waals surface area contributed by atoms with Crippen molar-refractivity contribution in [3.63, 3.8) is 0 Å². The molecule has 1 aromatic carbocycles. The van der Waals surface area contributed by atoms with Gasteiger partial charge in [-0.25, -0.2) is 0 Å². The molecule has 0 heterocycles. The fourth-order valence-electron chi connectivity index (χ4n) is 2.53. The third-order valence-electron chi connectivity index (χ3n) is 4.12. The molecular formula is C24H40ClNO9. The van der Waals surface area contributed by atoms with E-state index in [1.165, 1.54) is 6.92 Å². The van der Waals surface area contributed by atoms with E-state index in [4.69, 9.17) is 49.5 Å². The van der Waals surface area contributed by atoms with Gasteiger partial charge in [0.25, 0.3) is 0 Å². The van der Waals surface area contributed by atoms with Gasteiger partial charge in [0.15, 0.2) is 0 Å². The molecule has 0 bridgehead atoms. The maximum atomic E-state index is 11.0. The van der Waals surface area contributed by atoms with Gasteiger partial charge in [-0.3, -0.25) is 4.79 Å². The molecule has 1 amide bonds. The maximum Gasteiger partial charge on any atom is 0.221 e. The lowest BCUT2D eigenvalue weighted by molar-refractivity contribution is -0.114. The van der Waals surface area contributed by atoms with Crippen LogP contribution >= 0.6 is 11.6 Å². The molecular weight excluding hydrogens is 482 g/mol. The normalized spacial score (nSPS) is 11.0. The van der Waals surface area contributed by atoms with Crippen LogP contribution < -0.4 is 10.1 Å². The van der Waals surface area contributed by atoms with Gasteiger partial charge >= 0.3 is 0 Å². The van der Waals surface area contributed by atoms with E-state index in [-0.39, 0.29) is 5.91 Å². The van der Waals surface area contributed by atoms with Crippen LogP contribution in [0.5, 0.6) is 5.75 Å². The topological polar surface area (TPSA) is 103 Å². The molecule has 1 rings (SSSR count). The highest BCUT2D eigenvalue weighted by molar-refractivity contribution is 6.17. The lowest BCUT2D eigenvalue weighted by Crippen LogP contribution is -2.15. The van der Waals surface area contributed by atoms with Crippen LogP contribution in [0.15, 0.2) is 24.3 Å². The molecule has 35 heavy (non-hydrogen) atoms. The highest BCUT2D eigenvalue weighted by Crippen LogP contribution is 2.15. The minimum Gasteiger partial charge on any atom is -0.491 e. The second-order valence-electron chi connectivity index (χ2n) is 7.03. The molecule has 1 N–H and O–H groups in total. The molecule has 0 aliphatic rings. The fourth-order valence-corrected chi connectivity index (χ4v) is 2.64. The van der Waals surface area contributed by atoms with Gasteiger partial charge in [0.1, 0.15) is 12.4 Å². The van der Waals surface area contributed by atoms with E-state index in [0.29, 0.717) is 105 Å². The second-order valence-corrected chi connectivity index (χ2v) is 7.41. The first kappa shape index (κ1) is 31.5. The largest absolute Gasteiger partial charge is 0.491 e. The highest BCUT2D eigenvalue weighted by Gasteiger charge is 1.98. The zero-order valence-corrected chi connectivity index (χ0v) is 21.4. The van der Waals surface area contributed by atoms with Crippen LogP contribution in [0.25, 0.3) is 0 Å². The van der Waals surface area contributed by atoms with Crippen molar-refractivity contribution in [2.45, 2.75) is 6.92 Å². The number of nitrogens with one attached hydrogen (secondary N) is 1. The summed E-state index contributed by atoms with van der Waals surface area (Å²) in [7, 11) is 0. The molecule has 0 spiro atoms. The number of anilines is 1. The Morgan fingerprint density at radius 2 is 0.943 bits per heavy atom. The number of ether oxygens (including phenoxy) is 8. The smallest absolute Gasteiger partial charge is 0.221 e. The monoisotopic (exact) mass is 521 g/mol. The predicted molar refractivity (Wildman–Crippen MR) is 133 cm³/mol. The van der Waals surface area contributed by atoms with Gasteiger partial charge in [-0.2, -0.15) is 0 Å². The summed E-state index contributed by atoms with van der Waals surface area (Å²) in [6, 6.07) is 7.18. The van der Waals surface area contributed by atoms with Crippen LogP contribution in [0.3, 0.4) is 0 Å². The first-order chi connectivity index (χ1) is 17.2. The van der Waals surface area contributed by atoms with Crippen molar-refractivity contribution in [2.75, 3.05) is 110 Å². The lowest BCUT2D eigenvalue weighted by Gasteiger charge is -2.09. The molecule has 0 aliphatic heterocycles. The first-order valence-electron chi connectivity index (χ1n) is 11.8. The molecule has 0 aliphatic carbocycles. The summed E-state index contributed by atoms with van der Waals surface area (Å²) in [5, 5.41) is 2.70.